The van der Waals surface area contributed by atoms with Gasteiger partial charge in [0.05, 0.1) is 6.20 Å². The maximum Gasteiger partial charge on any atom is 0.362 e. The smallest absolute Gasteiger partial charge is 0.362 e. The Balaban J connectivity index is 1.50. The lowest BCUT2D eigenvalue weighted by molar-refractivity contribution is 0.541. The highest BCUT2D eigenvalue weighted by Crippen LogP contribution is 2.39. The summed E-state index contributed by atoms with van der Waals surface area (Å²) in [5.74, 6) is -0.347. The Labute approximate surface area is 171 Å². The molecular formula is C23H19FN4O2. The minimum Gasteiger partial charge on any atom is -0.421 e. The number of fused-ring (bicyclic) bond motifs is 2. The molecule has 4 aromatic rings. The van der Waals surface area contributed by atoms with Crippen LogP contribution in [0.1, 0.15) is 24.0 Å². The summed E-state index contributed by atoms with van der Waals surface area (Å²) in [5.41, 5.74) is 5.36. The Morgan fingerprint density at radius 3 is 2.80 bits per heavy atom. The number of nitrogens with zero attached hydrogens (tertiary/aromatic N) is 4. The van der Waals surface area contributed by atoms with Gasteiger partial charge in [-0.05, 0) is 55.5 Å². The van der Waals surface area contributed by atoms with Gasteiger partial charge in [-0.2, -0.15) is 0 Å². The van der Waals surface area contributed by atoms with Crippen molar-refractivity contribution in [3.8, 4) is 16.9 Å². The van der Waals surface area contributed by atoms with E-state index < -0.39 is 5.63 Å². The molecule has 2 aliphatic rings. The van der Waals surface area contributed by atoms with Crippen LogP contribution in [0.2, 0.25) is 0 Å². The Kier molecular flexibility index (Phi) is 3.78. The molecule has 30 heavy (non-hydrogen) atoms. The lowest BCUT2D eigenvalue weighted by Crippen LogP contribution is -2.34. The van der Waals surface area contributed by atoms with Gasteiger partial charge in [0.15, 0.2) is 5.69 Å². The second-order valence-corrected chi connectivity index (χ2v) is 7.95. The minimum atomic E-state index is -0.456. The monoisotopic (exact) mass is 402 g/mol. The highest BCUT2D eigenvalue weighted by atomic mass is 19.1. The summed E-state index contributed by atoms with van der Waals surface area (Å²) < 4.78 is 20.8. The Hall–Kier alpha value is -3.48. The number of anilines is 1. The van der Waals surface area contributed by atoms with E-state index in [2.05, 4.69) is 21.3 Å². The van der Waals surface area contributed by atoms with Gasteiger partial charge in [-0.25, -0.2) is 13.9 Å². The van der Waals surface area contributed by atoms with Crippen molar-refractivity contribution >= 4 is 16.7 Å². The molecule has 6 rings (SSSR count). The predicted octanol–water partition coefficient (Wildman–Crippen LogP) is 3.88. The van der Waals surface area contributed by atoms with Gasteiger partial charge in [-0.1, -0.05) is 17.3 Å². The molecule has 0 atom stereocenters. The van der Waals surface area contributed by atoms with Gasteiger partial charge in [0.1, 0.15) is 17.1 Å². The van der Waals surface area contributed by atoms with E-state index in [0.29, 0.717) is 22.5 Å². The number of hydrogen-bond donors (Lipinski definition) is 0. The number of rotatable bonds is 2. The summed E-state index contributed by atoms with van der Waals surface area (Å²) in [5, 5.41) is 9.10. The van der Waals surface area contributed by atoms with Crippen molar-refractivity contribution in [2.75, 3.05) is 18.0 Å². The Bertz CT molecular complexity index is 1360. The average molecular weight is 402 g/mol. The molecule has 0 N–H and O–H groups in total. The van der Waals surface area contributed by atoms with Crippen molar-refractivity contribution in [2.24, 2.45) is 0 Å². The molecule has 2 aromatic carbocycles. The van der Waals surface area contributed by atoms with Crippen LogP contribution in [0.15, 0.2) is 51.8 Å². The molecule has 6 nitrogen and oxygen atoms in total. The van der Waals surface area contributed by atoms with Crippen LogP contribution in [0.5, 0.6) is 0 Å². The molecule has 2 aromatic heterocycles. The van der Waals surface area contributed by atoms with Crippen molar-refractivity contribution in [3.05, 3.63) is 70.0 Å². The summed E-state index contributed by atoms with van der Waals surface area (Å²) in [6.07, 6.45) is 5.79. The number of aromatic nitrogens is 3. The molecule has 0 unspecified atom stereocenters. The quantitative estimate of drug-likeness (QED) is 0.476. The molecule has 0 amide bonds. The Morgan fingerprint density at radius 1 is 1.07 bits per heavy atom. The third-order valence-electron chi connectivity index (χ3n) is 6.06. The van der Waals surface area contributed by atoms with Crippen molar-refractivity contribution in [2.45, 2.75) is 25.7 Å². The first-order valence-corrected chi connectivity index (χ1v) is 10.2. The lowest BCUT2D eigenvalue weighted by Gasteiger charge is -2.37. The molecule has 0 bridgehead atoms. The van der Waals surface area contributed by atoms with Crippen molar-refractivity contribution in [3.63, 3.8) is 0 Å². The van der Waals surface area contributed by atoms with E-state index in [-0.39, 0.29) is 5.82 Å². The van der Waals surface area contributed by atoms with Crippen LogP contribution in [0.4, 0.5) is 10.1 Å². The van der Waals surface area contributed by atoms with E-state index in [1.807, 2.05) is 6.07 Å². The topological polar surface area (TPSA) is 64.2 Å². The van der Waals surface area contributed by atoms with E-state index in [1.54, 1.807) is 18.3 Å². The molecule has 0 aliphatic carbocycles. The van der Waals surface area contributed by atoms with E-state index in [4.69, 9.17) is 4.42 Å². The van der Waals surface area contributed by atoms with E-state index in [9.17, 15) is 9.18 Å². The van der Waals surface area contributed by atoms with Gasteiger partial charge in [-0.3, -0.25) is 0 Å². The fourth-order valence-electron chi connectivity index (χ4n) is 4.76. The van der Waals surface area contributed by atoms with Gasteiger partial charge >= 0.3 is 5.63 Å². The predicted molar refractivity (Wildman–Crippen MR) is 112 cm³/mol. The number of benzene rings is 2. The zero-order valence-corrected chi connectivity index (χ0v) is 16.3. The van der Waals surface area contributed by atoms with Crippen LogP contribution in [0.3, 0.4) is 0 Å². The summed E-state index contributed by atoms with van der Waals surface area (Å²) in [7, 11) is 0. The van der Waals surface area contributed by atoms with Crippen LogP contribution in [-0.4, -0.2) is 28.1 Å². The molecule has 4 heterocycles. The van der Waals surface area contributed by atoms with Crippen LogP contribution < -0.4 is 10.5 Å². The summed E-state index contributed by atoms with van der Waals surface area (Å²) in [6, 6.07) is 10.1. The molecule has 7 heteroatoms. The summed E-state index contributed by atoms with van der Waals surface area (Å²) in [4.78, 5) is 15.3. The second-order valence-electron chi connectivity index (χ2n) is 7.95. The molecule has 0 spiro atoms. The Morgan fingerprint density at radius 2 is 1.93 bits per heavy atom. The van der Waals surface area contributed by atoms with Gasteiger partial charge in [0.25, 0.3) is 0 Å². The van der Waals surface area contributed by atoms with Crippen LogP contribution in [0, 0.1) is 5.82 Å². The van der Waals surface area contributed by atoms with Crippen LogP contribution in [-0.2, 0) is 12.8 Å². The maximum absolute atomic E-state index is 13.5. The van der Waals surface area contributed by atoms with E-state index >= 15 is 0 Å². The fraction of sp³-hybridized carbons (Fsp3) is 0.261. The molecule has 0 radical (unpaired) electrons. The first-order valence-electron chi connectivity index (χ1n) is 10.2. The highest BCUT2D eigenvalue weighted by molar-refractivity contribution is 5.89. The first-order chi connectivity index (χ1) is 14.7. The second kappa shape index (κ2) is 6.52. The number of hydrogen-bond acceptors (Lipinski definition) is 5. The number of halogens is 1. The van der Waals surface area contributed by atoms with E-state index in [1.165, 1.54) is 28.1 Å². The SMILES string of the molecule is O=c1oc2c3c4c(cc2cc1-n1cc(-c2cccc(F)c2)nn1)CCCN4CCC3. The highest BCUT2D eigenvalue weighted by Gasteiger charge is 2.27. The third-order valence-corrected chi connectivity index (χ3v) is 6.06. The fourth-order valence-corrected chi connectivity index (χ4v) is 4.76. The largest absolute Gasteiger partial charge is 0.421 e. The zero-order valence-electron chi connectivity index (χ0n) is 16.3. The standard InChI is InChI=1S/C23H19FN4O2/c24-17-6-1-4-14(11-17)19-13-28(26-25-19)20-12-16-10-15-5-2-8-27-9-3-7-18(21(15)27)22(16)30-23(20)29/h1,4,6,10-13H,2-3,5,7-9H2. The van der Waals surface area contributed by atoms with Gasteiger partial charge in [0, 0.05) is 35.3 Å². The first kappa shape index (κ1) is 17.4. The zero-order chi connectivity index (χ0) is 20.2. The van der Waals surface area contributed by atoms with Crippen LogP contribution in [0.25, 0.3) is 27.9 Å². The molecular weight excluding hydrogens is 383 g/mol. The summed E-state index contributed by atoms with van der Waals surface area (Å²) in [6.45, 7) is 2.13. The van der Waals surface area contributed by atoms with Gasteiger partial charge in [0.2, 0.25) is 0 Å². The van der Waals surface area contributed by atoms with Gasteiger partial charge in [-0.15, -0.1) is 5.10 Å². The van der Waals surface area contributed by atoms with E-state index in [0.717, 1.165) is 49.7 Å². The molecule has 0 saturated carbocycles. The van der Waals surface area contributed by atoms with Crippen molar-refractivity contribution in [1.29, 1.82) is 0 Å². The average Bonchev–Trinajstić information content (AvgIpc) is 3.24. The third kappa shape index (κ3) is 2.65. The van der Waals surface area contributed by atoms with Crippen molar-refractivity contribution < 1.29 is 8.81 Å². The normalized spacial score (nSPS) is 15.4. The van der Waals surface area contributed by atoms with Crippen molar-refractivity contribution in [1.82, 2.24) is 15.0 Å². The minimum absolute atomic E-state index is 0.299. The summed E-state index contributed by atoms with van der Waals surface area (Å²) >= 11 is 0. The molecule has 0 fully saturated rings. The maximum atomic E-state index is 13.5. The van der Waals surface area contributed by atoms with Crippen LogP contribution >= 0.6 is 0 Å². The lowest BCUT2D eigenvalue weighted by atomic mass is 9.90. The molecule has 2 aliphatic heterocycles. The molecule has 0 saturated heterocycles. The van der Waals surface area contributed by atoms with Gasteiger partial charge < -0.3 is 9.32 Å². The molecule has 150 valence electrons. The number of aryl methyl sites for hydroxylation is 2.